The summed E-state index contributed by atoms with van der Waals surface area (Å²) in [7, 11) is 1.61. The number of pyridine rings is 1. The first-order chi connectivity index (χ1) is 13.0. The summed E-state index contributed by atoms with van der Waals surface area (Å²) in [6, 6.07) is 8.51. The Labute approximate surface area is 161 Å². The van der Waals surface area contributed by atoms with Crippen LogP contribution in [-0.4, -0.2) is 34.2 Å². The molecular weight excluding hydrogens is 364 g/mol. The zero-order chi connectivity index (χ0) is 19.4. The van der Waals surface area contributed by atoms with E-state index in [1.807, 2.05) is 13.0 Å². The molecule has 0 unspecified atom stereocenters. The molecule has 2 aromatic heterocycles. The Bertz CT molecular complexity index is 1100. The van der Waals surface area contributed by atoms with Crippen molar-refractivity contribution in [3.8, 4) is 0 Å². The number of carbonyl (C=O) groups excluding carboxylic acids is 1. The van der Waals surface area contributed by atoms with Crippen LogP contribution in [0.5, 0.6) is 0 Å². The fourth-order valence-electron chi connectivity index (χ4n) is 2.76. The number of nitrogens with one attached hydrogen (secondary N) is 2. The van der Waals surface area contributed by atoms with Gasteiger partial charge in [0.2, 0.25) is 0 Å². The first-order valence-electron chi connectivity index (χ1n) is 8.49. The molecule has 0 aliphatic heterocycles. The van der Waals surface area contributed by atoms with Crippen molar-refractivity contribution in [2.24, 2.45) is 0 Å². The van der Waals surface area contributed by atoms with Gasteiger partial charge < -0.3 is 15.0 Å². The van der Waals surface area contributed by atoms with Crippen molar-refractivity contribution in [2.45, 2.75) is 19.9 Å². The van der Waals surface area contributed by atoms with Crippen molar-refractivity contribution in [3.05, 3.63) is 62.8 Å². The lowest BCUT2D eigenvalue weighted by Gasteiger charge is -2.09. The number of aromatic nitrogens is 3. The zero-order valence-electron chi connectivity index (χ0n) is 15.1. The fourth-order valence-corrected chi connectivity index (χ4v) is 3.04. The lowest BCUT2D eigenvalue weighted by atomic mass is 10.1. The van der Waals surface area contributed by atoms with Crippen LogP contribution in [0.1, 0.15) is 22.3 Å². The summed E-state index contributed by atoms with van der Waals surface area (Å²) in [5.41, 5.74) is 1.75. The number of aryl methyl sites for hydroxylation is 1. The summed E-state index contributed by atoms with van der Waals surface area (Å²) in [5, 5.41) is 3.23. The molecule has 0 radical (unpaired) electrons. The van der Waals surface area contributed by atoms with Gasteiger partial charge in [-0.05, 0) is 61.5 Å². The van der Waals surface area contributed by atoms with Gasteiger partial charge in [-0.15, -0.1) is 0 Å². The minimum atomic E-state index is -0.307. The molecule has 27 heavy (non-hydrogen) atoms. The van der Waals surface area contributed by atoms with Gasteiger partial charge in [-0.25, -0.2) is 4.98 Å². The van der Waals surface area contributed by atoms with Crippen LogP contribution in [-0.2, 0) is 11.3 Å². The molecule has 2 N–H and O–H groups in total. The second-order valence-electron chi connectivity index (χ2n) is 6.17. The summed E-state index contributed by atoms with van der Waals surface area (Å²) < 4.78 is 6.85. The van der Waals surface area contributed by atoms with E-state index >= 15 is 0 Å². The lowest BCUT2D eigenvalue weighted by Crippen LogP contribution is -2.23. The molecule has 0 saturated heterocycles. The average Bonchev–Trinajstić information content (AvgIpc) is 2.64. The summed E-state index contributed by atoms with van der Waals surface area (Å²) in [6.07, 6.45) is 2.32. The number of benzene rings is 1. The predicted octanol–water partition coefficient (Wildman–Crippen LogP) is 3.05. The molecule has 1 amide bonds. The maximum Gasteiger partial charge on any atom is 0.262 e. The first kappa shape index (κ1) is 18.9. The molecule has 0 aliphatic carbocycles. The number of rotatable bonds is 6. The molecule has 8 heteroatoms. The quantitative estimate of drug-likeness (QED) is 0.504. The van der Waals surface area contributed by atoms with Gasteiger partial charge in [-0.1, -0.05) is 0 Å². The average molecular weight is 384 g/mol. The normalized spacial score (nSPS) is 10.9. The van der Waals surface area contributed by atoms with Gasteiger partial charge in [0.15, 0.2) is 4.77 Å². The molecule has 0 spiro atoms. The number of amides is 1. The van der Waals surface area contributed by atoms with Crippen molar-refractivity contribution >= 4 is 34.8 Å². The largest absolute Gasteiger partial charge is 0.385 e. The van der Waals surface area contributed by atoms with Crippen LogP contribution < -0.4 is 10.9 Å². The number of anilines is 1. The Balaban J connectivity index is 1.91. The van der Waals surface area contributed by atoms with Gasteiger partial charge >= 0.3 is 0 Å². The molecule has 2 heterocycles. The molecular formula is C19H20N4O3S. The van der Waals surface area contributed by atoms with Gasteiger partial charge in [0.1, 0.15) is 5.82 Å². The van der Waals surface area contributed by atoms with Crippen LogP contribution >= 0.6 is 12.2 Å². The molecule has 0 saturated carbocycles. The minimum Gasteiger partial charge on any atom is -0.385 e. The number of hydrogen-bond donors (Lipinski definition) is 2. The standard InChI is InChI=1S/C19H20N4O3S/c1-12-6-7-20-16(10-12)22-17(24)13-4-5-14-15(11-13)21-19(27)23(18(14)25)8-3-9-26-2/h4-7,10-11H,3,8-9H2,1-2H3,(H,21,27)(H,20,22,24). The Hall–Kier alpha value is -2.84. The third kappa shape index (κ3) is 4.29. The topological polar surface area (TPSA) is 89.0 Å². The molecule has 1 aromatic carbocycles. The maximum atomic E-state index is 12.7. The van der Waals surface area contributed by atoms with Gasteiger partial charge in [0.05, 0.1) is 10.9 Å². The number of aromatic amines is 1. The fraction of sp³-hybridized carbons (Fsp3) is 0.263. The second-order valence-corrected chi connectivity index (χ2v) is 6.55. The maximum absolute atomic E-state index is 12.7. The van der Waals surface area contributed by atoms with Crippen molar-refractivity contribution in [1.29, 1.82) is 0 Å². The van der Waals surface area contributed by atoms with Crippen LogP contribution in [0.25, 0.3) is 10.9 Å². The highest BCUT2D eigenvalue weighted by atomic mass is 32.1. The predicted molar refractivity (Wildman–Crippen MR) is 107 cm³/mol. The van der Waals surface area contributed by atoms with E-state index in [-0.39, 0.29) is 11.5 Å². The molecule has 140 valence electrons. The molecule has 0 atom stereocenters. The van der Waals surface area contributed by atoms with E-state index in [0.717, 1.165) is 5.56 Å². The summed E-state index contributed by atoms with van der Waals surface area (Å²) >= 11 is 5.30. The van der Waals surface area contributed by atoms with Crippen LogP contribution in [0.3, 0.4) is 0 Å². The number of ether oxygens (including phenoxy) is 1. The number of hydrogen-bond acceptors (Lipinski definition) is 5. The molecule has 0 bridgehead atoms. The van der Waals surface area contributed by atoms with Crippen LogP contribution in [0.2, 0.25) is 0 Å². The highest BCUT2D eigenvalue weighted by Gasteiger charge is 2.11. The number of carbonyl (C=O) groups is 1. The SMILES string of the molecule is COCCCn1c(=S)[nH]c2cc(C(=O)Nc3cc(C)ccn3)ccc2c1=O. The zero-order valence-corrected chi connectivity index (χ0v) is 15.9. The third-order valence-electron chi connectivity index (χ3n) is 4.13. The van der Waals surface area contributed by atoms with E-state index in [1.54, 1.807) is 37.6 Å². The smallest absolute Gasteiger partial charge is 0.262 e. The molecule has 7 nitrogen and oxygen atoms in total. The van der Waals surface area contributed by atoms with Crippen LogP contribution in [0.15, 0.2) is 41.3 Å². The highest BCUT2D eigenvalue weighted by molar-refractivity contribution is 7.71. The van der Waals surface area contributed by atoms with Gasteiger partial charge in [-0.2, -0.15) is 0 Å². The Morgan fingerprint density at radius 3 is 2.89 bits per heavy atom. The van der Waals surface area contributed by atoms with E-state index in [0.29, 0.717) is 46.6 Å². The van der Waals surface area contributed by atoms with Crippen LogP contribution in [0, 0.1) is 11.7 Å². The summed E-state index contributed by atoms with van der Waals surface area (Å²) in [4.78, 5) is 32.3. The van der Waals surface area contributed by atoms with Crippen LogP contribution in [0.4, 0.5) is 5.82 Å². The van der Waals surface area contributed by atoms with Crippen molar-refractivity contribution < 1.29 is 9.53 Å². The summed E-state index contributed by atoms with van der Waals surface area (Å²) in [5.74, 6) is 0.167. The second kappa shape index (κ2) is 8.24. The third-order valence-corrected chi connectivity index (χ3v) is 4.45. The highest BCUT2D eigenvalue weighted by Crippen LogP contribution is 2.13. The van der Waals surface area contributed by atoms with E-state index in [2.05, 4.69) is 15.3 Å². The number of methoxy groups -OCH3 is 1. The van der Waals surface area contributed by atoms with E-state index in [9.17, 15) is 9.59 Å². The number of nitrogens with zero attached hydrogens (tertiary/aromatic N) is 2. The Morgan fingerprint density at radius 2 is 2.15 bits per heavy atom. The van der Waals surface area contributed by atoms with Crippen molar-refractivity contribution in [2.75, 3.05) is 19.0 Å². The number of H-pyrrole nitrogens is 1. The van der Waals surface area contributed by atoms with Gasteiger partial charge in [0.25, 0.3) is 11.5 Å². The van der Waals surface area contributed by atoms with Crippen molar-refractivity contribution in [1.82, 2.24) is 14.5 Å². The number of fused-ring (bicyclic) bond motifs is 1. The molecule has 0 aliphatic rings. The molecule has 3 aromatic rings. The first-order valence-corrected chi connectivity index (χ1v) is 8.90. The molecule has 0 fully saturated rings. The van der Waals surface area contributed by atoms with E-state index in [1.165, 1.54) is 4.57 Å². The minimum absolute atomic E-state index is 0.183. The van der Waals surface area contributed by atoms with E-state index in [4.69, 9.17) is 17.0 Å². The Morgan fingerprint density at radius 1 is 1.33 bits per heavy atom. The molecule has 3 rings (SSSR count). The van der Waals surface area contributed by atoms with Gasteiger partial charge in [0, 0.05) is 32.0 Å². The summed E-state index contributed by atoms with van der Waals surface area (Å²) in [6.45, 7) is 2.94. The van der Waals surface area contributed by atoms with E-state index < -0.39 is 0 Å². The van der Waals surface area contributed by atoms with Gasteiger partial charge in [-0.3, -0.25) is 14.2 Å². The van der Waals surface area contributed by atoms with Crippen molar-refractivity contribution in [3.63, 3.8) is 0 Å². The Kier molecular flexibility index (Phi) is 5.78. The lowest BCUT2D eigenvalue weighted by molar-refractivity contribution is 0.102. The monoisotopic (exact) mass is 384 g/mol.